The maximum Gasteiger partial charge on any atom is 0.262 e. The normalized spacial score (nSPS) is 10.9. The SMILES string of the molecule is CCc1ccc(OCC(=O)Nc2ccc(Cc3nc4cc(C)c(C)cc4o3)cc2)cc1. The van der Waals surface area contributed by atoms with Gasteiger partial charge in [0.15, 0.2) is 18.1 Å². The quantitative estimate of drug-likeness (QED) is 0.427. The molecular formula is C26H26N2O3. The number of oxazole rings is 1. The van der Waals surface area contributed by atoms with Crippen LogP contribution in [-0.2, 0) is 17.6 Å². The van der Waals surface area contributed by atoms with Crippen LogP contribution in [0.25, 0.3) is 11.1 Å². The zero-order chi connectivity index (χ0) is 21.8. The van der Waals surface area contributed by atoms with Crippen molar-refractivity contribution in [3.63, 3.8) is 0 Å². The Balaban J connectivity index is 1.32. The van der Waals surface area contributed by atoms with E-state index in [1.54, 1.807) is 0 Å². The average Bonchev–Trinajstić information content (AvgIpc) is 3.15. The van der Waals surface area contributed by atoms with E-state index in [0.29, 0.717) is 18.1 Å². The van der Waals surface area contributed by atoms with Crippen molar-refractivity contribution in [1.29, 1.82) is 0 Å². The van der Waals surface area contributed by atoms with E-state index in [0.717, 1.165) is 28.8 Å². The number of nitrogens with zero attached hydrogens (tertiary/aromatic N) is 1. The number of anilines is 1. The summed E-state index contributed by atoms with van der Waals surface area (Å²) in [7, 11) is 0. The zero-order valence-corrected chi connectivity index (χ0v) is 18.1. The summed E-state index contributed by atoms with van der Waals surface area (Å²) in [6.07, 6.45) is 1.57. The number of aryl methyl sites for hydroxylation is 3. The Morgan fingerprint density at radius 3 is 2.35 bits per heavy atom. The van der Waals surface area contributed by atoms with Crippen molar-refractivity contribution in [2.45, 2.75) is 33.6 Å². The zero-order valence-electron chi connectivity index (χ0n) is 18.1. The van der Waals surface area contributed by atoms with E-state index in [2.05, 4.69) is 37.1 Å². The highest BCUT2D eigenvalue weighted by atomic mass is 16.5. The van der Waals surface area contributed by atoms with Crippen molar-refractivity contribution >= 4 is 22.7 Å². The Morgan fingerprint density at radius 2 is 1.65 bits per heavy atom. The Bertz CT molecular complexity index is 1150. The summed E-state index contributed by atoms with van der Waals surface area (Å²) in [5.74, 6) is 1.17. The van der Waals surface area contributed by atoms with Crippen LogP contribution in [0.3, 0.4) is 0 Å². The van der Waals surface area contributed by atoms with Crippen LogP contribution in [0.5, 0.6) is 5.75 Å². The summed E-state index contributed by atoms with van der Waals surface area (Å²) >= 11 is 0. The van der Waals surface area contributed by atoms with E-state index in [-0.39, 0.29) is 12.5 Å². The summed E-state index contributed by atoms with van der Waals surface area (Å²) in [6, 6.07) is 19.5. The molecule has 4 rings (SSSR count). The molecule has 0 bridgehead atoms. The molecule has 0 radical (unpaired) electrons. The highest BCUT2D eigenvalue weighted by Crippen LogP contribution is 2.22. The molecule has 1 aromatic heterocycles. The van der Waals surface area contributed by atoms with Gasteiger partial charge in [0.2, 0.25) is 0 Å². The lowest BCUT2D eigenvalue weighted by molar-refractivity contribution is -0.118. The number of aromatic nitrogens is 1. The van der Waals surface area contributed by atoms with Crippen molar-refractivity contribution in [2.24, 2.45) is 0 Å². The summed E-state index contributed by atoms with van der Waals surface area (Å²) in [6.45, 7) is 6.21. The van der Waals surface area contributed by atoms with Gasteiger partial charge in [0, 0.05) is 12.1 Å². The van der Waals surface area contributed by atoms with Crippen molar-refractivity contribution in [3.8, 4) is 5.75 Å². The van der Waals surface area contributed by atoms with Gasteiger partial charge in [0.05, 0.1) is 0 Å². The van der Waals surface area contributed by atoms with Gasteiger partial charge < -0.3 is 14.5 Å². The third kappa shape index (κ3) is 5.12. The maximum atomic E-state index is 12.2. The largest absolute Gasteiger partial charge is 0.484 e. The second kappa shape index (κ2) is 9.04. The van der Waals surface area contributed by atoms with Gasteiger partial charge in [-0.05, 0) is 78.9 Å². The number of carbonyl (C=O) groups is 1. The predicted octanol–water partition coefficient (Wildman–Crippen LogP) is 5.62. The number of rotatable bonds is 7. The summed E-state index contributed by atoms with van der Waals surface area (Å²) in [5, 5.41) is 2.86. The average molecular weight is 415 g/mol. The number of hydrogen-bond acceptors (Lipinski definition) is 4. The van der Waals surface area contributed by atoms with Gasteiger partial charge in [0.1, 0.15) is 11.3 Å². The molecule has 0 aliphatic rings. The van der Waals surface area contributed by atoms with Crippen LogP contribution in [0.1, 0.15) is 35.1 Å². The van der Waals surface area contributed by atoms with Crippen molar-refractivity contribution in [1.82, 2.24) is 4.98 Å². The number of benzene rings is 3. The van der Waals surface area contributed by atoms with Gasteiger partial charge in [-0.15, -0.1) is 0 Å². The Hall–Kier alpha value is -3.60. The van der Waals surface area contributed by atoms with Crippen molar-refractivity contribution < 1.29 is 13.9 Å². The second-order valence-electron chi connectivity index (χ2n) is 7.72. The van der Waals surface area contributed by atoms with Gasteiger partial charge in [-0.2, -0.15) is 0 Å². The molecule has 1 heterocycles. The molecule has 4 aromatic rings. The standard InChI is InChI=1S/C26H26N2O3/c1-4-19-7-11-22(12-8-19)30-16-25(29)27-21-9-5-20(6-10-21)15-26-28-23-13-17(2)18(3)14-24(23)31-26/h5-14H,4,15-16H2,1-3H3,(H,27,29). The molecule has 158 valence electrons. The van der Waals surface area contributed by atoms with Gasteiger partial charge >= 0.3 is 0 Å². The van der Waals surface area contributed by atoms with Crippen molar-refractivity contribution in [3.05, 3.63) is 88.8 Å². The monoisotopic (exact) mass is 414 g/mol. The molecule has 0 unspecified atom stereocenters. The van der Waals surface area contributed by atoms with Crippen LogP contribution in [0.15, 0.2) is 65.1 Å². The number of fused-ring (bicyclic) bond motifs is 1. The molecule has 0 atom stereocenters. The number of carbonyl (C=O) groups excluding carboxylic acids is 1. The predicted molar refractivity (Wildman–Crippen MR) is 123 cm³/mol. The Kier molecular flexibility index (Phi) is 6.03. The number of hydrogen-bond donors (Lipinski definition) is 1. The fourth-order valence-electron chi connectivity index (χ4n) is 3.35. The first-order chi connectivity index (χ1) is 15.0. The molecule has 0 saturated heterocycles. The Labute approximate surface area is 182 Å². The highest BCUT2D eigenvalue weighted by molar-refractivity contribution is 5.91. The summed E-state index contributed by atoms with van der Waals surface area (Å²) in [5.41, 5.74) is 7.11. The lowest BCUT2D eigenvalue weighted by Crippen LogP contribution is -2.20. The lowest BCUT2D eigenvalue weighted by atomic mass is 10.1. The van der Waals surface area contributed by atoms with E-state index in [1.165, 1.54) is 16.7 Å². The fourth-order valence-corrected chi connectivity index (χ4v) is 3.35. The first-order valence-corrected chi connectivity index (χ1v) is 10.5. The first-order valence-electron chi connectivity index (χ1n) is 10.5. The van der Waals surface area contributed by atoms with E-state index >= 15 is 0 Å². The van der Waals surface area contributed by atoms with Gasteiger partial charge in [-0.3, -0.25) is 4.79 Å². The van der Waals surface area contributed by atoms with E-state index in [1.807, 2.05) is 54.6 Å². The maximum absolute atomic E-state index is 12.2. The van der Waals surface area contributed by atoms with Crippen LogP contribution in [0.4, 0.5) is 5.69 Å². The molecule has 0 spiro atoms. The first kappa shape index (κ1) is 20.7. The molecule has 1 amide bonds. The van der Waals surface area contributed by atoms with Gasteiger partial charge in [-0.1, -0.05) is 31.2 Å². The fraction of sp³-hybridized carbons (Fsp3) is 0.231. The number of amides is 1. The molecule has 5 nitrogen and oxygen atoms in total. The minimum Gasteiger partial charge on any atom is -0.484 e. The molecule has 3 aromatic carbocycles. The summed E-state index contributed by atoms with van der Waals surface area (Å²) < 4.78 is 11.4. The number of ether oxygens (including phenoxy) is 1. The topological polar surface area (TPSA) is 64.4 Å². The van der Waals surface area contributed by atoms with Crippen LogP contribution >= 0.6 is 0 Å². The molecule has 0 aliphatic heterocycles. The number of nitrogens with one attached hydrogen (secondary N) is 1. The smallest absolute Gasteiger partial charge is 0.262 e. The van der Waals surface area contributed by atoms with Crippen LogP contribution in [0, 0.1) is 13.8 Å². The minimum atomic E-state index is -0.197. The third-order valence-corrected chi connectivity index (χ3v) is 5.34. The molecular weight excluding hydrogens is 388 g/mol. The minimum absolute atomic E-state index is 0.0328. The highest BCUT2D eigenvalue weighted by Gasteiger charge is 2.09. The van der Waals surface area contributed by atoms with Crippen LogP contribution in [-0.4, -0.2) is 17.5 Å². The molecule has 0 saturated carbocycles. The molecule has 1 N–H and O–H groups in total. The second-order valence-corrected chi connectivity index (χ2v) is 7.72. The van der Waals surface area contributed by atoms with Gasteiger partial charge in [0.25, 0.3) is 5.91 Å². The van der Waals surface area contributed by atoms with E-state index in [4.69, 9.17) is 9.15 Å². The van der Waals surface area contributed by atoms with Gasteiger partial charge in [-0.25, -0.2) is 4.98 Å². The molecule has 5 heteroatoms. The third-order valence-electron chi connectivity index (χ3n) is 5.34. The lowest BCUT2D eigenvalue weighted by Gasteiger charge is -2.08. The van der Waals surface area contributed by atoms with Crippen molar-refractivity contribution in [2.75, 3.05) is 11.9 Å². The van der Waals surface area contributed by atoms with Crippen LogP contribution in [0.2, 0.25) is 0 Å². The Morgan fingerprint density at radius 1 is 0.968 bits per heavy atom. The van der Waals surface area contributed by atoms with E-state index in [9.17, 15) is 4.79 Å². The summed E-state index contributed by atoms with van der Waals surface area (Å²) in [4.78, 5) is 16.8. The van der Waals surface area contributed by atoms with Crippen LogP contribution < -0.4 is 10.1 Å². The molecule has 0 aliphatic carbocycles. The molecule has 31 heavy (non-hydrogen) atoms. The van der Waals surface area contributed by atoms with E-state index < -0.39 is 0 Å². The molecule has 0 fully saturated rings.